The van der Waals surface area contributed by atoms with Crippen LogP contribution < -0.4 is 15.2 Å². The van der Waals surface area contributed by atoms with Crippen molar-refractivity contribution in [3.63, 3.8) is 0 Å². The maximum Gasteiger partial charge on any atom is 0.160 e. The molecule has 3 nitrogen and oxygen atoms in total. The zero-order valence-corrected chi connectivity index (χ0v) is 12.5. The number of methoxy groups -OCH3 is 2. The van der Waals surface area contributed by atoms with Gasteiger partial charge in [0.2, 0.25) is 0 Å². The molecule has 3 atom stereocenters. The van der Waals surface area contributed by atoms with Gasteiger partial charge < -0.3 is 15.2 Å². The van der Waals surface area contributed by atoms with Gasteiger partial charge in [-0.2, -0.15) is 0 Å². The molecule has 0 aliphatic heterocycles. The minimum atomic E-state index is 0.293. The number of fused-ring (bicyclic) bond motifs is 1. The third kappa shape index (κ3) is 2.51. The van der Waals surface area contributed by atoms with Gasteiger partial charge in [-0.1, -0.05) is 18.9 Å². The highest BCUT2D eigenvalue weighted by Crippen LogP contribution is 2.56. The Morgan fingerprint density at radius 1 is 1.10 bits per heavy atom. The van der Waals surface area contributed by atoms with Gasteiger partial charge in [0, 0.05) is 6.04 Å². The highest BCUT2D eigenvalue weighted by Gasteiger charge is 2.52. The van der Waals surface area contributed by atoms with Crippen molar-refractivity contribution >= 4 is 0 Å². The topological polar surface area (TPSA) is 44.5 Å². The summed E-state index contributed by atoms with van der Waals surface area (Å²) in [6, 6.07) is 6.43. The van der Waals surface area contributed by atoms with E-state index in [1.165, 1.54) is 31.2 Å². The van der Waals surface area contributed by atoms with E-state index in [9.17, 15) is 0 Å². The largest absolute Gasteiger partial charge is 0.493 e. The summed E-state index contributed by atoms with van der Waals surface area (Å²) in [5, 5.41) is 0. The van der Waals surface area contributed by atoms with Crippen molar-refractivity contribution < 1.29 is 9.47 Å². The summed E-state index contributed by atoms with van der Waals surface area (Å²) >= 11 is 0. The summed E-state index contributed by atoms with van der Waals surface area (Å²) < 4.78 is 10.6. The number of hydrogen-bond acceptors (Lipinski definition) is 3. The van der Waals surface area contributed by atoms with Crippen molar-refractivity contribution in [1.29, 1.82) is 0 Å². The van der Waals surface area contributed by atoms with Crippen molar-refractivity contribution in [2.75, 3.05) is 14.2 Å². The highest BCUT2D eigenvalue weighted by atomic mass is 16.5. The van der Waals surface area contributed by atoms with Crippen LogP contribution in [0.2, 0.25) is 0 Å². The Morgan fingerprint density at radius 2 is 1.75 bits per heavy atom. The molecule has 0 bridgehead atoms. The third-order valence-electron chi connectivity index (χ3n) is 5.14. The molecule has 2 N–H and O–H groups in total. The van der Waals surface area contributed by atoms with Gasteiger partial charge >= 0.3 is 0 Å². The van der Waals surface area contributed by atoms with Gasteiger partial charge in [-0.3, -0.25) is 0 Å². The van der Waals surface area contributed by atoms with E-state index in [1.807, 2.05) is 6.07 Å². The van der Waals surface area contributed by atoms with Crippen LogP contribution in [0.5, 0.6) is 11.5 Å². The first-order chi connectivity index (χ1) is 9.74. The lowest BCUT2D eigenvalue weighted by atomic mass is 10.0. The number of ether oxygens (including phenoxy) is 2. The van der Waals surface area contributed by atoms with Crippen LogP contribution in [0.25, 0.3) is 0 Å². The average Bonchev–Trinajstić information content (AvgIpc) is 3.21. The lowest BCUT2D eigenvalue weighted by Crippen LogP contribution is -2.26. The second-order valence-corrected chi connectivity index (χ2v) is 6.25. The summed E-state index contributed by atoms with van der Waals surface area (Å²) in [4.78, 5) is 0. The first kappa shape index (κ1) is 13.7. The SMILES string of the molecule is COc1ccc(CC(N)C2C3CCCCC32)cc1OC. The zero-order chi connectivity index (χ0) is 14.1. The van der Waals surface area contributed by atoms with Gasteiger partial charge in [-0.25, -0.2) is 0 Å². The molecular weight excluding hydrogens is 250 g/mol. The van der Waals surface area contributed by atoms with E-state index in [-0.39, 0.29) is 0 Å². The summed E-state index contributed by atoms with van der Waals surface area (Å²) in [5.41, 5.74) is 7.71. The van der Waals surface area contributed by atoms with Crippen LogP contribution in [0, 0.1) is 17.8 Å². The number of benzene rings is 1. The molecule has 3 rings (SSSR count). The zero-order valence-electron chi connectivity index (χ0n) is 12.5. The summed E-state index contributed by atoms with van der Waals surface area (Å²) in [6.07, 6.45) is 6.55. The molecule has 110 valence electrons. The van der Waals surface area contributed by atoms with E-state index in [2.05, 4.69) is 12.1 Å². The molecule has 2 fully saturated rings. The molecule has 0 aromatic heterocycles. The van der Waals surface area contributed by atoms with Crippen molar-refractivity contribution in [3.8, 4) is 11.5 Å². The normalized spacial score (nSPS) is 29.4. The molecule has 2 aliphatic carbocycles. The molecule has 0 spiro atoms. The van der Waals surface area contributed by atoms with Crippen LogP contribution in [0.1, 0.15) is 31.2 Å². The fourth-order valence-corrected chi connectivity index (χ4v) is 4.10. The second-order valence-electron chi connectivity index (χ2n) is 6.25. The van der Waals surface area contributed by atoms with Crippen molar-refractivity contribution in [1.82, 2.24) is 0 Å². The molecule has 0 radical (unpaired) electrons. The van der Waals surface area contributed by atoms with Gasteiger partial charge in [0.1, 0.15) is 0 Å². The molecule has 2 saturated carbocycles. The second kappa shape index (κ2) is 5.65. The van der Waals surface area contributed by atoms with Gasteiger partial charge in [0.15, 0.2) is 11.5 Å². The number of nitrogens with two attached hydrogens (primary N) is 1. The Morgan fingerprint density at radius 3 is 2.35 bits per heavy atom. The number of hydrogen-bond donors (Lipinski definition) is 1. The highest BCUT2D eigenvalue weighted by molar-refractivity contribution is 5.43. The van der Waals surface area contributed by atoms with Gasteiger partial charge in [0.05, 0.1) is 14.2 Å². The first-order valence-corrected chi connectivity index (χ1v) is 7.71. The smallest absolute Gasteiger partial charge is 0.160 e. The maximum atomic E-state index is 6.46. The molecule has 20 heavy (non-hydrogen) atoms. The Bertz CT molecular complexity index is 462. The van der Waals surface area contributed by atoms with E-state index < -0.39 is 0 Å². The molecule has 0 amide bonds. The van der Waals surface area contributed by atoms with E-state index in [0.29, 0.717) is 6.04 Å². The van der Waals surface area contributed by atoms with Crippen LogP contribution in [-0.2, 0) is 6.42 Å². The number of rotatable bonds is 5. The molecule has 3 unspecified atom stereocenters. The summed E-state index contributed by atoms with van der Waals surface area (Å²) in [5.74, 6) is 4.17. The Hall–Kier alpha value is -1.22. The van der Waals surface area contributed by atoms with Crippen molar-refractivity contribution in [2.24, 2.45) is 23.5 Å². The molecule has 3 heteroatoms. The monoisotopic (exact) mass is 275 g/mol. The van der Waals surface area contributed by atoms with E-state index in [1.54, 1.807) is 14.2 Å². The molecule has 0 heterocycles. The van der Waals surface area contributed by atoms with E-state index in [0.717, 1.165) is 35.7 Å². The Balaban J connectivity index is 1.65. The molecule has 1 aromatic carbocycles. The molecule has 2 aliphatic rings. The molecule has 0 saturated heterocycles. The standard InChI is InChI=1S/C17H25NO2/c1-19-15-8-7-11(10-16(15)20-2)9-14(18)17-12-5-3-4-6-13(12)17/h7-8,10,12-14,17H,3-6,9,18H2,1-2H3. The molecular formula is C17H25NO2. The predicted octanol–water partition coefficient (Wildman–Crippen LogP) is 3.01. The van der Waals surface area contributed by atoms with Crippen LogP contribution in [0.3, 0.4) is 0 Å². The summed E-state index contributed by atoms with van der Waals surface area (Å²) in [7, 11) is 3.34. The maximum absolute atomic E-state index is 6.46. The van der Waals surface area contributed by atoms with Gasteiger partial charge in [-0.15, -0.1) is 0 Å². The predicted molar refractivity (Wildman–Crippen MR) is 80.2 cm³/mol. The minimum absolute atomic E-state index is 0.293. The minimum Gasteiger partial charge on any atom is -0.493 e. The van der Waals surface area contributed by atoms with Crippen molar-refractivity contribution in [3.05, 3.63) is 23.8 Å². The van der Waals surface area contributed by atoms with Crippen LogP contribution in [0.15, 0.2) is 18.2 Å². The fourth-order valence-electron chi connectivity index (χ4n) is 4.10. The Labute approximate surface area is 121 Å². The van der Waals surface area contributed by atoms with Crippen LogP contribution >= 0.6 is 0 Å². The third-order valence-corrected chi connectivity index (χ3v) is 5.14. The quantitative estimate of drug-likeness (QED) is 0.898. The van der Waals surface area contributed by atoms with Crippen LogP contribution in [-0.4, -0.2) is 20.3 Å². The lowest BCUT2D eigenvalue weighted by Gasteiger charge is -2.14. The van der Waals surface area contributed by atoms with E-state index >= 15 is 0 Å². The first-order valence-electron chi connectivity index (χ1n) is 7.71. The van der Waals surface area contributed by atoms with Crippen LogP contribution in [0.4, 0.5) is 0 Å². The molecule has 1 aromatic rings. The lowest BCUT2D eigenvalue weighted by molar-refractivity contribution is 0.354. The van der Waals surface area contributed by atoms with E-state index in [4.69, 9.17) is 15.2 Å². The fraction of sp³-hybridized carbons (Fsp3) is 0.647. The van der Waals surface area contributed by atoms with Crippen molar-refractivity contribution in [2.45, 2.75) is 38.1 Å². The van der Waals surface area contributed by atoms with Gasteiger partial charge in [-0.05, 0) is 54.7 Å². The summed E-state index contributed by atoms with van der Waals surface area (Å²) in [6.45, 7) is 0. The average molecular weight is 275 g/mol. The Kier molecular flexibility index (Phi) is 3.88. The van der Waals surface area contributed by atoms with Gasteiger partial charge in [0.25, 0.3) is 0 Å².